The zero-order valence-electron chi connectivity index (χ0n) is 19.3. The van der Waals surface area contributed by atoms with Gasteiger partial charge in [-0.15, -0.1) is 0 Å². The molecule has 35 heavy (non-hydrogen) atoms. The summed E-state index contributed by atoms with van der Waals surface area (Å²) in [5.74, 6) is 4.41. The Kier molecular flexibility index (Phi) is 9.34. The number of nitrogens with two attached hydrogens (primary N) is 2. The lowest BCUT2D eigenvalue weighted by Gasteiger charge is -2.31. The first-order valence-electron chi connectivity index (χ1n) is 11.3. The van der Waals surface area contributed by atoms with Crippen LogP contribution in [0.3, 0.4) is 0 Å². The van der Waals surface area contributed by atoms with Crippen molar-refractivity contribution < 1.29 is 19.6 Å². The minimum absolute atomic E-state index is 0.0305. The number of anilines is 1. The maximum absolute atomic E-state index is 13.1. The summed E-state index contributed by atoms with van der Waals surface area (Å²) in [6, 6.07) is 12.6. The minimum Gasteiger partial charge on any atom is -0.366 e. The average Bonchev–Trinajstić information content (AvgIpc) is 2.90. The van der Waals surface area contributed by atoms with Crippen molar-refractivity contribution >= 4 is 23.4 Å². The summed E-state index contributed by atoms with van der Waals surface area (Å²) in [5.41, 5.74) is 14.9. The molecular weight excluding hydrogens is 448 g/mol. The highest BCUT2D eigenvalue weighted by Gasteiger charge is 2.30. The molecule has 1 heterocycles. The molecule has 1 fully saturated rings. The summed E-state index contributed by atoms with van der Waals surface area (Å²) in [7, 11) is 0. The second kappa shape index (κ2) is 12.6. The highest BCUT2D eigenvalue weighted by molar-refractivity contribution is 6.01. The molecule has 0 saturated carbocycles. The molecule has 0 bridgehead atoms. The first kappa shape index (κ1) is 25.9. The Hall–Kier alpha value is -3.75. The van der Waals surface area contributed by atoms with E-state index < -0.39 is 17.9 Å². The Labute approximate surface area is 204 Å². The van der Waals surface area contributed by atoms with Crippen LogP contribution in [0.4, 0.5) is 5.69 Å². The van der Waals surface area contributed by atoms with Gasteiger partial charge in [0.15, 0.2) is 0 Å². The molecule has 10 nitrogen and oxygen atoms in total. The van der Waals surface area contributed by atoms with E-state index in [1.54, 1.807) is 54.0 Å². The van der Waals surface area contributed by atoms with Crippen molar-refractivity contribution in [2.45, 2.75) is 24.9 Å². The zero-order valence-corrected chi connectivity index (χ0v) is 19.3. The lowest BCUT2D eigenvalue weighted by molar-refractivity contribution is -0.132. The highest BCUT2D eigenvalue weighted by atomic mass is 16.5. The van der Waals surface area contributed by atoms with Gasteiger partial charge in [0.2, 0.25) is 11.8 Å². The van der Waals surface area contributed by atoms with E-state index in [9.17, 15) is 14.4 Å². The maximum Gasteiger partial charge on any atom is 0.267 e. The monoisotopic (exact) mass is 478 g/mol. The van der Waals surface area contributed by atoms with Crippen molar-refractivity contribution in [3.63, 3.8) is 0 Å². The third-order valence-electron chi connectivity index (χ3n) is 5.76. The van der Waals surface area contributed by atoms with Gasteiger partial charge in [-0.25, -0.2) is 5.48 Å². The number of nitrogens with zero attached hydrogens (tertiary/aromatic N) is 1. The van der Waals surface area contributed by atoms with E-state index in [-0.39, 0.29) is 25.0 Å². The molecule has 1 aliphatic heterocycles. The number of benzene rings is 2. The topological polar surface area (TPSA) is 163 Å². The van der Waals surface area contributed by atoms with Crippen LogP contribution in [-0.4, -0.2) is 61.2 Å². The van der Waals surface area contributed by atoms with Crippen LogP contribution in [0.5, 0.6) is 0 Å². The smallest absolute Gasteiger partial charge is 0.267 e. The van der Waals surface area contributed by atoms with Crippen LogP contribution in [0.2, 0.25) is 0 Å². The number of amides is 3. The minimum atomic E-state index is -1.08. The molecule has 0 unspecified atom stereocenters. The SMILES string of the molecule is NC[C@@H](C(=O)NO)N(C(=O)CNC1CCNCC1)c1ccc(C#Cc2ccc(C(N)=O)cc2)cc1. The van der Waals surface area contributed by atoms with Crippen molar-refractivity contribution in [1.82, 2.24) is 16.1 Å². The molecule has 2 aromatic rings. The summed E-state index contributed by atoms with van der Waals surface area (Å²) in [6.45, 7) is 1.62. The largest absolute Gasteiger partial charge is 0.366 e. The number of piperidine rings is 1. The van der Waals surface area contributed by atoms with Gasteiger partial charge in [0, 0.05) is 35.0 Å². The third kappa shape index (κ3) is 7.11. The van der Waals surface area contributed by atoms with Crippen molar-refractivity contribution in [2.75, 3.05) is 31.1 Å². The second-order valence-corrected chi connectivity index (χ2v) is 8.13. The van der Waals surface area contributed by atoms with Crippen LogP contribution in [0, 0.1) is 11.8 Å². The number of hydrogen-bond acceptors (Lipinski definition) is 7. The van der Waals surface area contributed by atoms with E-state index in [1.807, 2.05) is 0 Å². The molecule has 8 N–H and O–H groups in total. The predicted octanol–water partition coefficient (Wildman–Crippen LogP) is -0.307. The highest BCUT2D eigenvalue weighted by Crippen LogP contribution is 2.19. The molecule has 3 rings (SSSR count). The van der Waals surface area contributed by atoms with Crippen LogP contribution < -0.4 is 32.5 Å². The number of carbonyl (C=O) groups excluding carboxylic acids is 3. The summed E-state index contributed by atoms with van der Waals surface area (Å²) >= 11 is 0. The number of hydroxylamine groups is 1. The first-order valence-corrected chi connectivity index (χ1v) is 11.3. The van der Waals surface area contributed by atoms with Crippen LogP contribution >= 0.6 is 0 Å². The Morgan fingerprint density at radius 1 is 1.03 bits per heavy atom. The molecule has 1 aliphatic rings. The summed E-state index contributed by atoms with van der Waals surface area (Å²) in [6.07, 6.45) is 1.81. The molecule has 0 aliphatic carbocycles. The summed E-state index contributed by atoms with van der Waals surface area (Å²) in [4.78, 5) is 37.9. The molecule has 10 heteroatoms. The van der Waals surface area contributed by atoms with Gasteiger partial charge in [0.25, 0.3) is 5.91 Å². The molecule has 1 saturated heterocycles. The Bertz CT molecular complexity index is 1090. The molecule has 184 valence electrons. The van der Waals surface area contributed by atoms with Crippen molar-refractivity contribution in [1.29, 1.82) is 0 Å². The number of rotatable bonds is 8. The lowest BCUT2D eigenvalue weighted by Crippen LogP contribution is -2.55. The van der Waals surface area contributed by atoms with Crippen molar-refractivity contribution in [2.24, 2.45) is 11.5 Å². The van der Waals surface area contributed by atoms with Gasteiger partial charge >= 0.3 is 0 Å². The third-order valence-corrected chi connectivity index (χ3v) is 5.76. The normalized spacial score (nSPS) is 14.3. The fourth-order valence-electron chi connectivity index (χ4n) is 3.81. The second-order valence-electron chi connectivity index (χ2n) is 8.13. The first-order chi connectivity index (χ1) is 16.9. The molecular formula is C25H30N6O4. The molecule has 3 amide bonds. The number of hydrogen-bond donors (Lipinski definition) is 6. The standard InChI is InChI=1S/C25H30N6O4/c26-15-22(25(34)30-35)31(23(32)16-29-20-11-13-28-14-12-20)21-9-5-18(6-10-21)2-1-17-3-7-19(8-4-17)24(27)33/h3-10,20,22,28-29,35H,11-16,26H2,(H2,27,33)(H,30,34)/t22-/m0/s1. The Balaban J connectivity index is 1.77. The van der Waals surface area contributed by atoms with Gasteiger partial charge in [0.05, 0.1) is 6.54 Å². The van der Waals surface area contributed by atoms with Crippen molar-refractivity contribution in [3.05, 3.63) is 65.2 Å². The van der Waals surface area contributed by atoms with Crippen molar-refractivity contribution in [3.8, 4) is 11.8 Å². The van der Waals surface area contributed by atoms with Gasteiger partial charge in [-0.3, -0.25) is 24.5 Å². The average molecular weight is 479 g/mol. The van der Waals surface area contributed by atoms with E-state index in [4.69, 9.17) is 16.7 Å². The Morgan fingerprint density at radius 2 is 1.60 bits per heavy atom. The lowest BCUT2D eigenvalue weighted by atomic mass is 10.1. The number of nitrogens with one attached hydrogen (secondary N) is 3. The molecule has 0 aromatic heterocycles. The fourth-order valence-corrected chi connectivity index (χ4v) is 3.81. The maximum atomic E-state index is 13.1. The van der Waals surface area contributed by atoms with E-state index >= 15 is 0 Å². The predicted molar refractivity (Wildman–Crippen MR) is 132 cm³/mol. The van der Waals surface area contributed by atoms with E-state index in [0.717, 1.165) is 25.9 Å². The molecule has 0 radical (unpaired) electrons. The van der Waals surface area contributed by atoms with Gasteiger partial charge in [-0.1, -0.05) is 11.8 Å². The van der Waals surface area contributed by atoms with Gasteiger partial charge in [-0.2, -0.15) is 0 Å². The van der Waals surface area contributed by atoms with Gasteiger partial charge in [0.1, 0.15) is 6.04 Å². The number of carbonyl (C=O) groups is 3. The van der Waals surface area contributed by atoms with Gasteiger partial charge < -0.3 is 22.1 Å². The molecule has 1 atom stereocenters. The quantitative estimate of drug-likeness (QED) is 0.172. The van der Waals surface area contributed by atoms with Crippen LogP contribution in [0.25, 0.3) is 0 Å². The fraction of sp³-hybridized carbons (Fsp3) is 0.320. The Morgan fingerprint density at radius 3 is 2.11 bits per heavy atom. The van der Waals surface area contributed by atoms with E-state index in [2.05, 4.69) is 22.5 Å². The van der Waals surface area contributed by atoms with Crippen LogP contribution in [0.15, 0.2) is 48.5 Å². The van der Waals surface area contributed by atoms with Crippen LogP contribution in [0.1, 0.15) is 34.3 Å². The van der Waals surface area contributed by atoms with Gasteiger partial charge in [-0.05, 0) is 74.5 Å². The number of primary amides is 1. The van der Waals surface area contributed by atoms with Crippen LogP contribution in [-0.2, 0) is 9.59 Å². The summed E-state index contributed by atoms with van der Waals surface area (Å²) < 4.78 is 0. The molecule has 2 aromatic carbocycles. The van der Waals surface area contributed by atoms with E-state index in [1.165, 1.54) is 4.90 Å². The molecule has 0 spiro atoms. The summed E-state index contributed by atoms with van der Waals surface area (Å²) in [5, 5.41) is 15.7. The van der Waals surface area contributed by atoms with E-state index in [0.29, 0.717) is 22.4 Å². The zero-order chi connectivity index (χ0) is 25.2.